The summed E-state index contributed by atoms with van der Waals surface area (Å²) in [6, 6.07) is 13.6. The molecule has 2 N–H and O–H groups in total. The van der Waals surface area contributed by atoms with Crippen LogP contribution in [0.5, 0.6) is 0 Å². The van der Waals surface area contributed by atoms with Crippen LogP contribution in [0.15, 0.2) is 54.9 Å². The minimum atomic E-state index is 0.412. The number of aromatic nitrogens is 3. The maximum atomic E-state index is 6.34. The molecule has 0 aliphatic heterocycles. The largest absolute Gasteiger partial charge is 0.369 e. The van der Waals surface area contributed by atoms with Gasteiger partial charge >= 0.3 is 0 Å². The van der Waals surface area contributed by atoms with E-state index in [9.17, 15) is 0 Å². The van der Waals surface area contributed by atoms with Gasteiger partial charge in [-0.3, -0.25) is 9.55 Å². The Balaban J connectivity index is 2.17. The predicted molar refractivity (Wildman–Crippen MR) is 85.8 cm³/mol. The maximum Gasteiger partial charge on any atom is 0.206 e. The second kappa shape index (κ2) is 4.46. The fourth-order valence-corrected chi connectivity index (χ4v) is 2.89. The van der Waals surface area contributed by atoms with Gasteiger partial charge in [0, 0.05) is 17.8 Å². The number of fused-ring (bicyclic) bond motifs is 2. The molecule has 2 aromatic heterocycles. The lowest BCUT2D eigenvalue weighted by atomic mass is 10.1. The lowest BCUT2D eigenvalue weighted by Gasteiger charge is -2.10. The van der Waals surface area contributed by atoms with Crippen LogP contribution >= 0.6 is 11.6 Å². The molecule has 0 unspecified atom stereocenters. The molecule has 4 nitrogen and oxygen atoms in total. The zero-order valence-corrected chi connectivity index (χ0v) is 11.7. The molecule has 0 atom stereocenters. The predicted octanol–water partition coefficient (Wildman–Crippen LogP) is 3.81. The number of rotatable bonds is 1. The van der Waals surface area contributed by atoms with Gasteiger partial charge in [0.15, 0.2) is 0 Å². The molecule has 0 spiro atoms. The van der Waals surface area contributed by atoms with Crippen LogP contribution in [0.2, 0.25) is 5.02 Å². The number of hydrogen-bond acceptors (Lipinski definition) is 3. The Hall–Kier alpha value is -2.59. The van der Waals surface area contributed by atoms with Crippen LogP contribution in [0, 0.1) is 0 Å². The standard InChI is InChI=1S/C16H11ClN4/c17-12-4-2-5-13-15(12)21(16(18)20-13)14-6-1-3-10-7-8-19-9-11(10)14/h1-9H,(H2,18,20). The first-order chi connectivity index (χ1) is 10.3. The SMILES string of the molecule is Nc1nc2cccc(Cl)c2n1-c1cccc2ccncc12. The van der Waals surface area contributed by atoms with Crippen LogP contribution in [0.25, 0.3) is 27.5 Å². The molecule has 0 amide bonds. The molecule has 21 heavy (non-hydrogen) atoms. The van der Waals surface area contributed by atoms with Crippen molar-refractivity contribution in [3.63, 3.8) is 0 Å². The van der Waals surface area contributed by atoms with Crippen LogP contribution in [-0.2, 0) is 0 Å². The first kappa shape index (κ1) is 12.2. The molecule has 0 saturated carbocycles. The van der Waals surface area contributed by atoms with Gasteiger partial charge in [0.2, 0.25) is 5.95 Å². The van der Waals surface area contributed by atoms with E-state index in [2.05, 4.69) is 9.97 Å². The molecule has 102 valence electrons. The highest BCUT2D eigenvalue weighted by Gasteiger charge is 2.14. The lowest BCUT2D eigenvalue weighted by Crippen LogP contribution is -2.01. The van der Waals surface area contributed by atoms with E-state index < -0.39 is 0 Å². The average molecular weight is 295 g/mol. The highest BCUT2D eigenvalue weighted by Crippen LogP contribution is 2.31. The number of pyridine rings is 1. The summed E-state index contributed by atoms with van der Waals surface area (Å²) in [5.41, 5.74) is 8.63. The summed E-state index contributed by atoms with van der Waals surface area (Å²) in [6.45, 7) is 0. The van der Waals surface area contributed by atoms with Crippen molar-refractivity contribution in [2.75, 3.05) is 5.73 Å². The van der Waals surface area contributed by atoms with Gasteiger partial charge in [-0.15, -0.1) is 0 Å². The summed E-state index contributed by atoms with van der Waals surface area (Å²) in [5, 5.41) is 2.72. The van der Waals surface area contributed by atoms with Gasteiger partial charge in [-0.05, 0) is 29.7 Å². The number of para-hydroxylation sites is 1. The van der Waals surface area contributed by atoms with Crippen molar-refractivity contribution in [3.8, 4) is 5.69 Å². The normalized spacial score (nSPS) is 11.3. The van der Waals surface area contributed by atoms with Crippen LogP contribution in [0.1, 0.15) is 0 Å². The number of anilines is 1. The molecule has 0 radical (unpaired) electrons. The zero-order chi connectivity index (χ0) is 14.4. The fraction of sp³-hybridized carbons (Fsp3) is 0. The fourth-order valence-electron chi connectivity index (χ4n) is 2.64. The third kappa shape index (κ3) is 1.76. The van der Waals surface area contributed by atoms with Crippen LogP contribution < -0.4 is 5.73 Å². The summed E-state index contributed by atoms with van der Waals surface area (Å²) in [6.07, 6.45) is 3.60. The van der Waals surface area contributed by atoms with E-state index in [4.69, 9.17) is 17.3 Å². The Morgan fingerprint density at radius 3 is 2.81 bits per heavy atom. The molecule has 0 saturated heterocycles. The summed E-state index contributed by atoms with van der Waals surface area (Å²) in [7, 11) is 0. The number of hydrogen-bond donors (Lipinski definition) is 1. The lowest BCUT2D eigenvalue weighted by molar-refractivity contribution is 1.12. The van der Waals surface area contributed by atoms with Crippen LogP contribution in [0.3, 0.4) is 0 Å². The molecule has 5 heteroatoms. The first-order valence-corrected chi connectivity index (χ1v) is 6.89. The molecule has 4 aromatic rings. The number of benzene rings is 2. The summed E-state index contributed by atoms with van der Waals surface area (Å²) in [5.74, 6) is 0.412. The van der Waals surface area contributed by atoms with Crippen LogP contribution in [0.4, 0.5) is 5.95 Å². The molecule has 0 fully saturated rings. The third-order valence-electron chi connectivity index (χ3n) is 3.55. The molecule has 0 aliphatic rings. The van der Waals surface area contributed by atoms with Gasteiger partial charge in [0.05, 0.1) is 21.7 Å². The maximum absolute atomic E-state index is 6.34. The van der Waals surface area contributed by atoms with E-state index in [1.54, 1.807) is 6.20 Å². The molecule has 0 aliphatic carbocycles. The third-order valence-corrected chi connectivity index (χ3v) is 3.86. The topological polar surface area (TPSA) is 56.7 Å². The van der Waals surface area contributed by atoms with Crippen molar-refractivity contribution in [3.05, 3.63) is 59.9 Å². The highest BCUT2D eigenvalue weighted by molar-refractivity contribution is 6.35. The highest BCUT2D eigenvalue weighted by atomic mass is 35.5. The molecular formula is C16H11ClN4. The minimum absolute atomic E-state index is 0.412. The average Bonchev–Trinajstić information content (AvgIpc) is 2.84. The smallest absolute Gasteiger partial charge is 0.206 e. The number of nitrogens with two attached hydrogens (primary N) is 1. The summed E-state index contributed by atoms with van der Waals surface area (Å²) < 4.78 is 1.88. The van der Waals surface area contributed by atoms with Gasteiger partial charge in [-0.1, -0.05) is 29.8 Å². The Morgan fingerprint density at radius 2 is 1.90 bits per heavy atom. The monoisotopic (exact) mass is 294 g/mol. The minimum Gasteiger partial charge on any atom is -0.369 e. The second-order valence-electron chi connectivity index (χ2n) is 4.79. The Morgan fingerprint density at radius 1 is 1.05 bits per heavy atom. The second-order valence-corrected chi connectivity index (χ2v) is 5.19. The van der Waals surface area contributed by atoms with Crippen molar-refractivity contribution < 1.29 is 0 Å². The van der Waals surface area contributed by atoms with E-state index in [1.165, 1.54) is 0 Å². The summed E-state index contributed by atoms with van der Waals surface area (Å²) >= 11 is 6.34. The van der Waals surface area contributed by atoms with Crippen molar-refractivity contribution in [1.82, 2.24) is 14.5 Å². The van der Waals surface area contributed by atoms with Gasteiger partial charge in [-0.25, -0.2) is 4.98 Å². The van der Waals surface area contributed by atoms with E-state index in [0.29, 0.717) is 11.0 Å². The number of nitrogen functional groups attached to an aromatic ring is 1. The van der Waals surface area contributed by atoms with E-state index in [1.807, 2.05) is 53.2 Å². The van der Waals surface area contributed by atoms with E-state index >= 15 is 0 Å². The first-order valence-electron chi connectivity index (χ1n) is 6.51. The van der Waals surface area contributed by atoms with Gasteiger partial charge < -0.3 is 5.73 Å². The van der Waals surface area contributed by atoms with Gasteiger partial charge in [-0.2, -0.15) is 0 Å². The molecule has 4 rings (SSSR count). The Kier molecular flexibility index (Phi) is 2.59. The molecule has 0 bridgehead atoms. The van der Waals surface area contributed by atoms with Crippen molar-refractivity contribution in [2.24, 2.45) is 0 Å². The molecule has 2 aromatic carbocycles. The molecule has 2 heterocycles. The summed E-state index contributed by atoms with van der Waals surface area (Å²) in [4.78, 5) is 8.60. The van der Waals surface area contributed by atoms with Crippen molar-refractivity contribution >= 4 is 39.4 Å². The van der Waals surface area contributed by atoms with E-state index in [-0.39, 0.29) is 0 Å². The number of imidazole rings is 1. The van der Waals surface area contributed by atoms with Crippen molar-refractivity contribution in [1.29, 1.82) is 0 Å². The molecular weight excluding hydrogens is 284 g/mol. The zero-order valence-electron chi connectivity index (χ0n) is 11.0. The van der Waals surface area contributed by atoms with Gasteiger partial charge in [0.1, 0.15) is 0 Å². The van der Waals surface area contributed by atoms with Crippen LogP contribution in [-0.4, -0.2) is 14.5 Å². The number of halogens is 1. The quantitative estimate of drug-likeness (QED) is 0.581. The van der Waals surface area contributed by atoms with E-state index in [0.717, 1.165) is 27.5 Å². The Labute approximate surface area is 125 Å². The van der Waals surface area contributed by atoms with Crippen molar-refractivity contribution in [2.45, 2.75) is 0 Å². The Bertz CT molecular complexity index is 969. The number of nitrogens with zero attached hydrogens (tertiary/aromatic N) is 3. The van der Waals surface area contributed by atoms with Gasteiger partial charge in [0.25, 0.3) is 0 Å².